The second-order valence-electron chi connectivity index (χ2n) is 3.88. The smallest absolute Gasteiger partial charge is 0.286 e. The monoisotopic (exact) mass is 296 g/mol. The Balaban J connectivity index is 1.64. The molecule has 0 aliphatic heterocycles. The van der Waals surface area contributed by atoms with Crippen LogP contribution in [0.2, 0.25) is 0 Å². The van der Waals surface area contributed by atoms with Crippen molar-refractivity contribution in [2.75, 3.05) is 12.3 Å². The van der Waals surface area contributed by atoms with E-state index in [4.69, 9.17) is 4.42 Å². The maximum atomic E-state index is 11.7. The van der Waals surface area contributed by atoms with E-state index in [2.05, 4.69) is 10.3 Å². The third-order valence-electron chi connectivity index (χ3n) is 2.48. The summed E-state index contributed by atoms with van der Waals surface area (Å²) in [5.74, 6) is 2.04. The van der Waals surface area contributed by atoms with E-state index in [-0.39, 0.29) is 5.91 Å². The normalized spacial score (nSPS) is 10.6. The third kappa shape index (κ3) is 4.40. The molecule has 2 heterocycles. The molecule has 0 fully saturated rings. The Kier molecular flexibility index (Phi) is 5.47. The van der Waals surface area contributed by atoms with Crippen LogP contribution in [-0.4, -0.2) is 23.2 Å². The number of thiazole rings is 1. The average molecular weight is 296 g/mol. The molecule has 0 atom stereocenters. The van der Waals surface area contributed by atoms with Gasteiger partial charge in [0.2, 0.25) is 0 Å². The molecule has 2 aromatic rings. The van der Waals surface area contributed by atoms with Crippen molar-refractivity contribution in [2.24, 2.45) is 0 Å². The molecule has 6 heteroatoms. The lowest BCUT2D eigenvalue weighted by Gasteiger charge is -2.02. The Morgan fingerprint density at radius 3 is 3.11 bits per heavy atom. The Hall–Kier alpha value is -1.27. The zero-order chi connectivity index (χ0) is 13.5. The van der Waals surface area contributed by atoms with Gasteiger partial charge in [-0.05, 0) is 18.6 Å². The first kappa shape index (κ1) is 14.1. The van der Waals surface area contributed by atoms with Crippen LogP contribution in [0.4, 0.5) is 0 Å². The average Bonchev–Trinajstić information content (AvgIpc) is 3.09. The molecule has 2 aromatic heterocycles. The van der Waals surface area contributed by atoms with Crippen molar-refractivity contribution >= 4 is 29.0 Å². The summed E-state index contributed by atoms with van der Waals surface area (Å²) >= 11 is 3.35. The van der Waals surface area contributed by atoms with E-state index >= 15 is 0 Å². The van der Waals surface area contributed by atoms with Gasteiger partial charge in [-0.15, -0.1) is 11.3 Å². The van der Waals surface area contributed by atoms with Gasteiger partial charge in [-0.2, -0.15) is 0 Å². The van der Waals surface area contributed by atoms with E-state index in [1.807, 2.05) is 18.4 Å². The number of amides is 1. The SMILES string of the molecule is CCc1ccc(C(=O)NCCCSc2nccs2)o1. The van der Waals surface area contributed by atoms with Crippen molar-refractivity contribution in [3.63, 3.8) is 0 Å². The van der Waals surface area contributed by atoms with Crippen LogP contribution in [-0.2, 0) is 6.42 Å². The maximum Gasteiger partial charge on any atom is 0.286 e. The van der Waals surface area contributed by atoms with Gasteiger partial charge >= 0.3 is 0 Å². The molecule has 0 aliphatic carbocycles. The molecule has 0 aromatic carbocycles. The van der Waals surface area contributed by atoms with Crippen LogP contribution >= 0.6 is 23.1 Å². The van der Waals surface area contributed by atoms with E-state index in [0.29, 0.717) is 12.3 Å². The van der Waals surface area contributed by atoms with Crippen molar-refractivity contribution in [3.8, 4) is 0 Å². The molecule has 102 valence electrons. The van der Waals surface area contributed by atoms with Crippen LogP contribution in [0.5, 0.6) is 0 Å². The van der Waals surface area contributed by atoms with E-state index in [0.717, 1.165) is 28.7 Å². The lowest BCUT2D eigenvalue weighted by molar-refractivity contribution is 0.0924. The Labute approximate surface area is 120 Å². The number of carbonyl (C=O) groups excluding carboxylic acids is 1. The first-order chi connectivity index (χ1) is 9.29. The summed E-state index contributed by atoms with van der Waals surface area (Å²) in [7, 11) is 0. The molecule has 0 saturated carbocycles. The van der Waals surface area contributed by atoms with E-state index in [9.17, 15) is 4.79 Å². The summed E-state index contributed by atoms with van der Waals surface area (Å²) < 4.78 is 6.46. The van der Waals surface area contributed by atoms with E-state index < -0.39 is 0 Å². The Bertz CT molecular complexity index is 508. The van der Waals surface area contributed by atoms with Gasteiger partial charge < -0.3 is 9.73 Å². The standard InChI is InChI=1S/C13H16N2O2S2/c1-2-10-4-5-11(17-10)12(16)14-6-3-8-18-13-15-7-9-19-13/h4-5,7,9H,2-3,6,8H2,1H3,(H,14,16). The maximum absolute atomic E-state index is 11.7. The summed E-state index contributed by atoms with van der Waals surface area (Å²) in [6, 6.07) is 3.56. The molecule has 0 aliphatic rings. The number of thioether (sulfide) groups is 1. The van der Waals surface area contributed by atoms with Gasteiger partial charge in [-0.1, -0.05) is 18.7 Å². The van der Waals surface area contributed by atoms with Crippen LogP contribution in [0.3, 0.4) is 0 Å². The topological polar surface area (TPSA) is 55.1 Å². The lowest BCUT2D eigenvalue weighted by Crippen LogP contribution is -2.24. The minimum Gasteiger partial charge on any atom is -0.456 e. The number of nitrogens with one attached hydrogen (secondary N) is 1. The number of rotatable bonds is 7. The highest BCUT2D eigenvalue weighted by atomic mass is 32.2. The van der Waals surface area contributed by atoms with Crippen molar-refractivity contribution in [1.29, 1.82) is 0 Å². The molecular weight excluding hydrogens is 280 g/mol. The van der Waals surface area contributed by atoms with Gasteiger partial charge in [0.05, 0.1) is 0 Å². The van der Waals surface area contributed by atoms with Crippen LogP contribution < -0.4 is 5.32 Å². The van der Waals surface area contributed by atoms with Crippen molar-refractivity contribution in [2.45, 2.75) is 24.1 Å². The minimum absolute atomic E-state index is 0.140. The van der Waals surface area contributed by atoms with Crippen LogP contribution in [0.25, 0.3) is 0 Å². The van der Waals surface area contributed by atoms with Crippen molar-refractivity contribution in [1.82, 2.24) is 10.3 Å². The van der Waals surface area contributed by atoms with E-state index in [1.165, 1.54) is 0 Å². The van der Waals surface area contributed by atoms with Gasteiger partial charge in [0, 0.05) is 30.3 Å². The molecule has 19 heavy (non-hydrogen) atoms. The lowest BCUT2D eigenvalue weighted by atomic mass is 10.3. The van der Waals surface area contributed by atoms with Crippen molar-refractivity contribution in [3.05, 3.63) is 35.2 Å². The summed E-state index contributed by atoms with van der Waals surface area (Å²) in [6.07, 6.45) is 3.52. The van der Waals surface area contributed by atoms with Gasteiger partial charge in [0.1, 0.15) is 10.1 Å². The molecule has 0 saturated heterocycles. The largest absolute Gasteiger partial charge is 0.456 e. The number of carbonyl (C=O) groups is 1. The number of aromatic nitrogens is 1. The Morgan fingerprint density at radius 2 is 2.42 bits per heavy atom. The second kappa shape index (κ2) is 7.35. The highest BCUT2D eigenvalue weighted by molar-refractivity contribution is 8.00. The highest BCUT2D eigenvalue weighted by Crippen LogP contribution is 2.20. The molecule has 2 rings (SSSR count). The second-order valence-corrected chi connectivity index (χ2v) is 6.11. The summed E-state index contributed by atoms with van der Waals surface area (Å²) in [5.41, 5.74) is 0. The fraction of sp³-hybridized carbons (Fsp3) is 0.385. The third-order valence-corrected chi connectivity index (χ3v) is 4.53. The Morgan fingerprint density at radius 1 is 1.53 bits per heavy atom. The molecule has 1 amide bonds. The number of hydrogen-bond acceptors (Lipinski definition) is 5. The van der Waals surface area contributed by atoms with Gasteiger partial charge in [-0.25, -0.2) is 4.98 Å². The number of hydrogen-bond donors (Lipinski definition) is 1. The van der Waals surface area contributed by atoms with Crippen LogP contribution in [0, 0.1) is 0 Å². The first-order valence-corrected chi connectivity index (χ1v) is 8.05. The van der Waals surface area contributed by atoms with Crippen LogP contribution in [0.15, 0.2) is 32.5 Å². The minimum atomic E-state index is -0.140. The number of aryl methyl sites for hydroxylation is 1. The molecule has 0 bridgehead atoms. The van der Waals surface area contributed by atoms with E-state index in [1.54, 1.807) is 35.4 Å². The van der Waals surface area contributed by atoms with Gasteiger partial charge in [0.15, 0.2) is 5.76 Å². The zero-order valence-electron chi connectivity index (χ0n) is 10.7. The molecule has 4 nitrogen and oxygen atoms in total. The fourth-order valence-electron chi connectivity index (χ4n) is 1.49. The first-order valence-electron chi connectivity index (χ1n) is 6.19. The predicted molar refractivity (Wildman–Crippen MR) is 77.9 cm³/mol. The molecule has 0 spiro atoms. The van der Waals surface area contributed by atoms with Gasteiger partial charge in [-0.3, -0.25) is 4.79 Å². The summed E-state index contributed by atoms with van der Waals surface area (Å²) in [5, 5.41) is 4.82. The van der Waals surface area contributed by atoms with Crippen LogP contribution in [0.1, 0.15) is 29.7 Å². The quantitative estimate of drug-likeness (QED) is 0.629. The fourth-order valence-corrected chi connectivity index (χ4v) is 3.14. The highest BCUT2D eigenvalue weighted by Gasteiger charge is 2.09. The summed E-state index contributed by atoms with van der Waals surface area (Å²) in [4.78, 5) is 15.9. The molecule has 0 unspecified atom stereocenters. The zero-order valence-corrected chi connectivity index (χ0v) is 12.4. The summed E-state index contributed by atoms with van der Waals surface area (Å²) in [6.45, 7) is 2.65. The number of furan rings is 1. The molecular formula is C13H16N2O2S2. The molecule has 0 radical (unpaired) electrons. The van der Waals surface area contributed by atoms with Gasteiger partial charge in [0.25, 0.3) is 5.91 Å². The number of nitrogens with zero attached hydrogens (tertiary/aromatic N) is 1. The predicted octanol–water partition coefficient (Wildman–Crippen LogP) is 3.21. The van der Waals surface area contributed by atoms with Crippen molar-refractivity contribution < 1.29 is 9.21 Å². The molecule has 1 N–H and O–H groups in total.